The van der Waals surface area contributed by atoms with Crippen LogP contribution in [-0.2, 0) is 20.2 Å². The molecule has 12 heteroatoms. The Balaban J connectivity index is 0.00000220. The Bertz CT molecular complexity index is 922. The van der Waals surface area contributed by atoms with Crippen LogP contribution in [0.15, 0.2) is 34.1 Å². The van der Waals surface area contributed by atoms with E-state index in [2.05, 4.69) is 0 Å². The van der Waals surface area contributed by atoms with Gasteiger partial charge in [-0.3, -0.25) is 0 Å². The molecule has 0 aliphatic carbocycles. The monoisotopic (exact) mass is 364 g/mol. The maximum Gasteiger partial charge on any atom is 1.00 e. The minimum absolute atomic E-state index is 0. The van der Waals surface area contributed by atoms with Gasteiger partial charge in [0.05, 0.1) is 9.79 Å². The molecule has 22 heavy (non-hydrogen) atoms. The van der Waals surface area contributed by atoms with E-state index < -0.39 is 52.3 Å². The van der Waals surface area contributed by atoms with Gasteiger partial charge in [-0.1, -0.05) is 0 Å². The molecule has 0 fully saturated rings. The van der Waals surface area contributed by atoms with Gasteiger partial charge in [0.25, 0.3) is 0 Å². The standard InChI is InChI=1S/C10H8O8S2.2Na/c11-7-1-2-8(12)10-6(7)3-5(19(13,14)15)4-9(10)20(16,17)18;;/h1-4,11-12H,(H,13,14,15)(H,16,17,18);;/q;2*+1/p-2. The van der Waals surface area contributed by atoms with Crippen LogP contribution in [0.5, 0.6) is 11.5 Å². The molecular weight excluding hydrogens is 358 g/mol. The van der Waals surface area contributed by atoms with Crippen LogP contribution in [0, 0.1) is 0 Å². The molecule has 2 aromatic carbocycles. The molecule has 0 amide bonds. The van der Waals surface area contributed by atoms with Crippen molar-refractivity contribution in [2.75, 3.05) is 0 Å². The van der Waals surface area contributed by atoms with Crippen LogP contribution in [0.2, 0.25) is 0 Å². The molecule has 0 heterocycles. The minimum Gasteiger partial charge on any atom is -0.744 e. The third kappa shape index (κ3) is 4.35. The molecule has 0 radical (unpaired) electrons. The first-order valence-electron chi connectivity index (χ1n) is 4.92. The van der Waals surface area contributed by atoms with Crippen molar-refractivity contribution in [3.8, 4) is 11.5 Å². The zero-order valence-electron chi connectivity index (χ0n) is 11.5. The van der Waals surface area contributed by atoms with E-state index >= 15 is 0 Å². The molecule has 0 aromatic heterocycles. The second kappa shape index (κ2) is 7.34. The van der Waals surface area contributed by atoms with Crippen LogP contribution >= 0.6 is 0 Å². The molecule has 2 aromatic rings. The maximum absolute atomic E-state index is 11.1. The molecule has 0 aliphatic heterocycles. The summed E-state index contributed by atoms with van der Waals surface area (Å²) in [6.07, 6.45) is 0. The number of rotatable bonds is 2. The van der Waals surface area contributed by atoms with Gasteiger partial charge >= 0.3 is 59.1 Å². The molecule has 8 nitrogen and oxygen atoms in total. The van der Waals surface area contributed by atoms with Crippen molar-refractivity contribution < 1.29 is 95.3 Å². The van der Waals surface area contributed by atoms with Gasteiger partial charge in [-0.15, -0.1) is 0 Å². The van der Waals surface area contributed by atoms with Gasteiger partial charge in [0.15, 0.2) is 0 Å². The largest absolute Gasteiger partial charge is 1.00 e. The molecule has 0 saturated heterocycles. The summed E-state index contributed by atoms with van der Waals surface area (Å²) in [5, 5.41) is 18.2. The predicted molar refractivity (Wildman–Crippen MR) is 63.2 cm³/mol. The molecule has 108 valence electrons. The maximum atomic E-state index is 11.1. The van der Waals surface area contributed by atoms with Gasteiger partial charge in [0, 0.05) is 10.8 Å². The smallest absolute Gasteiger partial charge is 0.744 e. The molecule has 2 rings (SSSR count). The summed E-state index contributed by atoms with van der Waals surface area (Å²) in [5.74, 6) is -1.24. The van der Waals surface area contributed by atoms with Crippen molar-refractivity contribution in [1.29, 1.82) is 0 Å². The SMILES string of the molecule is O=S(=O)([O-])c1cc(S(=O)(=O)[O-])c2c(O)ccc(O)c2c1.[Na+].[Na+]. The van der Waals surface area contributed by atoms with E-state index in [1.54, 1.807) is 0 Å². The van der Waals surface area contributed by atoms with Gasteiger partial charge in [-0.05, 0) is 24.3 Å². The van der Waals surface area contributed by atoms with Crippen molar-refractivity contribution >= 4 is 31.0 Å². The Kier molecular flexibility index (Phi) is 7.38. The average molecular weight is 364 g/mol. The zero-order valence-corrected chi connectivity index (χ0v) is 17.1. The van der Waals surface area contributed by atoms with Crippen LogP contribution in [0.4, 0.5) is 0 Å². The minimum atomic E-state index is -5.18. The first kappa shape index (κ1) is 22.1. The molecule has 0 unspecified atom stereocenters. The first-order valence-corrected chi connectivity index (χ1v) is 7.74. The molecule has 0 atom stereocenters. The number of fused-ring (bicyclic) bond motifs is 1. The van der Waals surface area contributed by atoms with Gasteiger partial charge in [-0.25, -0.2) is 16.8 Å². The Hall–Kier alpha value is 0.120. The van der Waals surface area contributed by atoms with Crippen molar-refractivity contribution in [3.05, 3.63) is 24.3 Å². The summed E-state index contributed by atoms with van der Waals surface area (Å²) in [6.45, 7) is 0. The third-order valence-electron chi connectivity index (χ3n) is 2.56. The molecule has 0 saturated carbocycles. The number of hydrogen-bond acceptors (Lipinski definition) is 8. The van der Waals surface area contributed by atoms with E-state index in [-0.39, 0.29) is 59.1 Å². The Morgan fingerprint density at radius 3 is 1.77 bits per heavy atom. The van der Waals surface area contributed by atoms with Crippen molar-refractivity contribution in [2.24, 2.45) is 0 Å². The van der Waals surface area contributed by atoms with Crippen LogP contribution < -0.4 is 59.1 Å². The fraction of sp³-hybridized carbons (Fsp3) is 0. The summed E-state index contributed by atoms with van der Waals surface area (Å²) in [5.41, 5.74) is 0. The van der Waals surface area contributed by atoms with E-state index in [9.17, 15) is 36.2 Å². The zero-order chi connectivity index (χ0) is 15.3. The van der Waals surface area contributed by atoms with Crippen molar-refractivity contribution in [2.45, 2.75) is 9.79 Å². The van der Waals surface area contributed by atoms with Crippen LogP contribution in [0.1, 0.15) is 0 Å². The summed E-state index contributed by atoms with van der Waals surface area (Å²) in [6, 6.07) is 2.92. The number of phenols is 2. The Labute approximate surface area is 170 Å². The van der Waals surface area contributed by atoms with E-state index in [1.807, 2.05) is 0 Å². The van der Waals surface area contributed by atoms with E-state index in [1.165, 1.54) is 0 Å². The topological polar surface area (TPSA) is 155 Å². The Morgan fingerprint density at radius 1 is 0.818 bits per heavy atom. The summed E-state index contributed by atoms with van der Waals surface area (Å²) >= 11 is 0. The number of aromatic hydroxyl groups is 2. The fourth-order valence-electron chi connectivity index (χ4n) is 1.73. The van der Waals surface area contributed by atoms with Crippen molar-refractivity contribution in [1.82, 2.24) is 0 Å². The number of hydrogen-bond donors (Lipinski definition) is 2. The van der Waals surface area contributed by atoms with Crippen LogP contribution in [0.25, 0.3) is 10.8 Å². The van der Waals surface area contributed by atoms with Crippen LogP contribution in [0.3, 0.4) is 0 Å². The number of phenolic OH excluding ortho intramolecular Hbond substituents is 2. The molecule has 0 bridgehead atoms. The molecule has 0 aliphatic rings. The van der Waals surface area contributed by atoms with E-state index in [0.717, 1.165) is 12.1 Å². The number of benzene rings is 2. The van der Waals surface area contributed by atoms with Gasteiger partial charge < -0.3 is 19.3 Å². The summed E-state index contributed by atoms with van der Waals surface area (Å²) in [7, 11) is -10.2. The van der Waals surface area contributed by atoms with E-state index in [0.29, 0.717) is 12.1 Å². The second-order valence-corrected chi connectivity index (χ2v) is 6.58. The third-order valence-corrected chi connectivity index (χ3v) is 4.24. The predicted octanol–water partition coefficient (Wildman–Crippen LogP) is -5.93. The molecular formula is C10H6Na2O8S2. The fourth-order valence-corrected chi connectivity index (χ4v) is 3.06. The summed E-state index contributed by atoms with van der Waals surface area (Å²) in [4.78, 5) is -2.10. The quantitative estimate of drug-likeness (QED) is 0.303. The van der Waals surface area contributed by atoms with Gasteiger partial charge in [0.2, 0.25) is 0 Å². The van der Waals surface area contributed by atoms with Gasteiger partial charge in [0.1, 0.15) is 31.7 Å². The van der Waals surface area contributed by atoms with Crippen LogP contribution in [-0.4, -0.2) is 36.2 Å². The normalized spacial score (nSPS) is 11.5. The van der Waals surface area contributed by atoms with Crippen molar-refractivity contribution in [3.63, 3.8) is 0 Å². The first-order chi connectivity index (χ1) is 9.01. The van der Waals surface area contributed by atoms with E-state index in [4.69, 9.17) is 0 Å². The van der Waals surface area contributed by atoms with Gasteiger partial charge in [-0.2, -0.15) is 0 Å². The average Bonchev–Trinajstić information content (AvgIpc) is 2.30. The summed E-state index contributed by atoms with van der Waals surface area (Å²) < 4.78 is 66.3. The molecule has 0 spiro atoms. The molecule has 2 N–H and O–H groups in total. The Morgan fingerprint density at radius 2 is 1.32 bits per heavy atom. The second-order valence-electron chi connectivity index (χ2n) is 3.86.